The average Bonchev–Trinajstić information content (AvgIpc) is 3.23. The van der Waals surface area contributed by atoms with Crippen molar-refractivity contribution in [3.05, 3.63) is 54.5 Å². The van der Waals surface area contributed by atoms with Crippen LogP contribution in [0, 0.1) is 0 Å². The van der Waals surface area contributed by atoms with Crippen LogP contribution in [0.2, 0.25) is 0 Å². The van der Waals surface area contributed by atoms with Gasteiger partial charge in [0.05, 0.1) is 5.69 Å². The van der Waals surface area contributed by atoms with Crippen molar-refractivity contribution in [1.29, 1.82) is 0 Å². The molecule has 0 radical (unpaired) electrons. The lowest BCUT2D eigenvalue weighted by molar-refractivity contribution is 0.100. The number of rotatable bonds is 8. The van der Waals surface area contributed by atoms with Crippen molar-refractivity contribution in [3.8, 4) is 5.69 Å². The summed E-state index contributed by atoms with van der Waals surface area (Å²) in [5.41, 5.74) is 13.5. The molecule has 1 atom stereocenters. The van der Waals surface area contributed by atoms with Gasteiger partial charge in [0.25, 0.3) is 5.91 Å². The summed E-state index contributed by atoms with van der Waals surface area (Å²) in [6.07, 6.45) is 7.80. The van der Waals surface area contributed by atoms with Gasteiger partial charge in [-0.3, -0.25) is 4.79 Å². The van der Waals surface area contributed by atoms with Gasteiger partial charge in [-0.05, 0) is 43.5 Å². The first-order chi connectivity index (χ1) is 14.0. The highest BCUT2D eigenvalue weighted by molar-refractivity contribution is 5.98. The Morgan fingerprint density at radius 1 is 1.34 bits per heavy atom. The molecule has 3 aromatic rings. The molecule has 9 nitrogen and oxygen atoms in total. The van der Waals surface area contributed by atoms with Gasteiger partial charge in [-0.1, -0.05) is 13.0 Å². The lowest BCUT2D eigenvalue weighted by atomic mass is 10.1. The maximum atomic E-state index is 11.9. The second-order valence-corrected chi connectivity index (χ2v) is 7.28. The summed E-state index contributed by atoms with van der Waals surface area (Å²) < 4.78 is 1.75. The molecule has 2 aromatic heterocycles. The fourth-order valence-corrected chi connectivity index (χ4v) is 3.31. The molecule has 9 heteroatoms. The van der Waals surface area contributed by atoms with E-state index < -0.39 is 5.91 Å². The minimum absolute atomic E-state index is 0.0675. The number of nitrogens with zero attached hydrogens (tertiary/aromatic N) is 4. The molecule has 6 N–H and O–H groups in total. The highest BCUT2D eigenvalue weighted by Crippen LogP contribution is 2.38. The van der Waals surface area contributed by atoms with Crippen LogP contribution in [0.25, 0.3) is 5.69 Å². The Bertz CT molecular complexity index is 1010. The van der Waals surface area contributed by atoms with Crippen molar-refractivity contribution in [3.63, 3.8) is 0 Å². The van der Waals surface area contributed by atoms with E-state index >= 15 is 0 Å². The highest BCUT2D eigenvalue weighted by atomic mass is 16.1. The maximum absolute atomic E-state index is 11.9. The molecule has 0 spiro atoms. The minimum atomic E-state index is -0.605. The number of nitrogens with two attached hydrogens (primary N) is 2. The molecule has 150 valence electrons. The number of aromatic nitrogens is 4. The Kier molecular flexibility index (Phi) is 4.89. The highest BCUT2D eigenvalue weighted by Gasteiger charge is 2.45. The van der Waals surface area contributed by atoms with Crippen LogP contribution < -0.4 is 22.1 Å². The van der Waals surface area contributed by atoms with Gasteiger partial charge in [0.2, 0.25) is 5.95 Å². The second-order valence-electron chi connectivity index (χ2n) is 7.28. The van der Waals surface area contributed by atoms with Gasteiger partial charge in [0.1, 0.15) is 11.4 Å². The molecule has 1 amide bonds. The quantitative estimate of drug-likeness (QED) is 0.461. The molecule has 1 aliphatic carbocycles. The van der Waals surface area contributed by atoms with Gasteiger partial charge in [0, 0.05) is 35.9 Å². The third-order valence-electron chi connectivity index (χ3n) is 5.16. The second kappa shape index (κ2) is 7.51. The summed E-state index contributed by atoms with van der Waals surface area (Å²) in [5, 5.41) is 10.7. The van der Waals surface area contributed by atoms with Gasteiger partial charge >= 0.3 is 0 Å². The average molecular weight is 392 g/mol. The summed E-state index contributed by atoms with van der Waals surface area (Å²) in [5.74, 6) is 0.139. The minimum Gasteiger partial charge on any atom is -0.365 e. The summed E-state index contributed by atoms with van der Waals surface area (Å²) in [7, 11) is 0. The summed E-state index contributed by atoms with van der Waals surface area (Å²) in [4.78, 5) is 20.6. The summed E-state index contributed by atoms with van der Waals surface area (Å²) in [6, 6.07) is 9.52. The number of benzene rings is 1. The molecule has 4 rings (SSSR count). The van der Waals surface area contributed by atoms with Crippen molar-refractivity contribution >= 4 is 23.4 Å². The van der Waals surface area contributed by atoms with Crippen LogP contribution in [-0.4, -0.2) is 37.2 Å². The van der Waals surface area contributed by atoms with Crippen molar-refractivity contribution in [2.45, 2.75) is 37.8 Å². The van der Waals surface area contributed by atoms with Gasteiger partial charge in [-0.2, -0.15) is 10.1 Å². The van der Waals surface area contributed by atoms with Gasteiger partial charge in [0.15, 0.2) is 0 Å². The molecule has 0 unspecified atom stereocenters. The van der Waals surface area contributed by atoms with E-state index in [9.17, 15) is 4.79 Å². The van der Waals surface area contributed by atoms with E-state index in [1.807, 2.05) is 36.5 Å². The lowest BCUT2D eigenvalue weighted by Gasteiger charge is -2.23. The molecule has 0 aliphatic heterocycles. The smallest absolute Gasteiger partial charge is 0.254 e. The predicted molar refractivity (Wildman–Crippen MR) is 111 cm³/mol. The van der Waals surface area contributed by atoms with Crippen LogP contribution in [-0.2, 0) is 0 Å². The molecule has 0 bridgehead atoms. The molecule has 2 heterocycles. The van der Waals surface area contributed by atoms with E-state index in [0.29, 0.717) is 11.8 Å². The summed E-state index contributed by atoms with van der Waals surface area (Å²) in [6.45, 7) is 2.07. The number of amides is 1. The molecular weight excluding hydrogens is 368 g/mol. The van der Waals surface area contributed by atoms with E-state index in [1.165, 1.54) is 6.20 Å². The molecule has 1 fully saturated rings. The van der Waals surface area contributed by atoms with Crippen molar-refractivity contribution in [2.75, 3.05) is 10.6 Å². The van der Waals surface area contributed by atoms with Crippen molar-refractivity contribution in [1.82, 2.24) is 19.7 Å². The molecule has 0 saturated heterocycles. The van der Waals surface area contributed by atoms with Crippen LogP contribution in [0.15, 0.2) is 48.9 Å². The SMILES string of the molecule is CC[C@@H](Nc1ncc(C(N)=O)c(Nc2cccc(-n3cccn3)c2)n1)C1(N)CC1. The topological polar surface area (TPSA) is 137 Å². The Hall–Kier alpha value is -3.46. The predicted octanol–water partition coefficient (Wildman–Crippen LogP) is 2.19. The zero-order chi connectivity index (χ0) is 20.4. The van der Waals surface area contributed by atoms with Crippen LogP contribution in [0.5, 0.6) is 0 Å². The van der Waals surface area contributed by atoms with E-state index in [1.54, 1.807) is 10.9 Å². The fourth-order valence-electron chi connectivity index (χ4n) is 3.31. The van der Waals surface area contributed by atoms with E-state index in [-0.39, 0.29) is 17.1 Å². The number of hydrogen-bond donors (Lipinski definition) is 4. The van der Waals surface area contributed by atoms with Gasteiger partial charge < -0.3 is 22.1 Å². The molecule has 1 aromatic carbocycles. The summed E-state index contributed by atoms with van der Waals surface area (Å²) >= 11 is 0. The first-order valence-corrected chi connectivity index (χ1v) is 9.58. The molecule has 1 saturated carbocycles. The fraction of sp³-hybridized carbons (Fsp3) is 0.300. The Morgan fingerprint density at radius 2 is 2.17 bits per heavy atom. The van der Waals surface area contributed by atoms with Crippen LogP contribution >= 0.6 is 0 Å². The first-order valence-electron chi connectivity index (χ1n) is 9.58. The van der Waals surface area contributed by atoms with Crippen LogP contribution in [0.1, 0.15) is 36.5 Å². The monoisotopic (exact) mass is 392 g/mol. The normalized spacial score (nSPS) is 15.5. The standard InChI is InChI=1S/C20H24N8O/c1-2-16(20(22)7-8-20)26-19-23-12-15(17(21)29)18(27-19)25-13-5-3-6-14(11-13)28-10-4-9-24-28/h3-6,9-12,16H,2,7-8,22H2,1H3,(H2,21,29)(H2,23,25,26,27)/t16-/m1/s1. The zero-order valence-corrected chi connectivity index (χ0v) is 16.2. The van der Waals surface area contributed by atoms with Crippen LogP contribution in [0.3, 0.4) is 0 Å². The molecule has 1 aliphatic rings. The van der Waals surface area contributed by atoms with Crippen molar-refractivity contribution < 1.29 is 4.79 Å². The van der Waals surface area contributed by atoms with E-state index in [4.69, 9.17) is 11.5 Å². The van der Waals surface area contributed by atoms with Gasteiger partial charge in [-0.25, -0.2) is 9.67 Å². The number of carbonyl (C=O) groups is 1. The zero-order valence-electron chi connectivity index (χ0n) is 16.2. The maximum Gasteiger partial charge on any atom is 0.254 e. The van der Waals surface area contributed by atoms with Crippen LogP contribution in [0.4, 0.5) is 17.5 Å². The first kappa shape index (κ1) is 18.9. The third-order valence-corrected chi connectivity index (χ3v) is 5.16. The number of nitrogens with one attached hydrogen (secondary N) is 2. The number of hydrogen-bond acceptors (Lipinski definition) is 7. The Morgan fingerprint density at radius 3 is 2.83 bits per heavy atom. The Labute approximate surface area is 168 Å². The number of primary amides is 1. The number of anilines is 3. The lowest BCUT2D eigenvalue weighted by Crippen LogP contribution is -2.42. The largest absolute Gasteiger partial charge is 0.365 e. The van der Waals surface area contributed by atoms with Gasteiger partial charge in [-0.15, -0.1) is 0 Å². The van der Waals surface area contributed by atoms with Crippen molar-refractivity contribution in [2.24, 2.45) is 11.5 Å². The third kappa shape index (κ3) is 4.04. The Balaban J connectivity index is 1.61. The van der Waals surface area contributed by atoms with E-state index in [0.717, 1.165) is 30.6 Å². The molecule has 29 heavy (non-hydrogen) atoms. The van der Waals surface area contributed by atoms with E-state index in [2.05, 4.69) is 32.6 Å². The number of carbonyl (C=O) groups excluding carboxylic acids is 1. The molecular formula is C20H24N8O.